The third-order valence-corrected chi connectivity index (χ3v) is 14.4. The fraction of sp³-hybridized carbons (Fsp3) is 0.718. The SMILES string of the molecule is CCOC(=O)[C@@]1(C)CC[C@]2(C)CC[C@]3(C)C(=CC(=O)[C@@H]4[C@@]5(C)CC/C(=N\OCc6ccccc6)C(C)(C)[C@@H]5CC[C@]43C)[C@@H]2C1. The minimum atomic E-state index is -0.491. The van der Waals surface area contributed by atoms with Gasteiger partial charge in [-0.1, -0.05) is 82.6 Å². The number of ketones is 1. The predicted octanol–water partition coefficient (Wildman–Crippen LogP) is 9.10. The number of carbonyl (C=O) groups is 2. The van der Waals surface area contributed by atoms with Crippen LogP contribution in [-0.4, -0.2) is 24.1 Å². The van der Waals surface area contributed by atoms with Gasteiger partial charge >= 0.3 is 5.97 Å². The van der Waals surface area contributed by atoms with Crippen LogP contribution in [0.15, 0.2) is 47.1 Å². The first-order chi connectivity index (χ1) is 20.6. The maximum atomic E-state index is 14.7. The van der Waals surface area contributed by atoms with E-state index < -0.39 is 5.41 Å². The average molecular weight is 602 g/mol. The van der Waals surface area contributed by atoms with Gasteiger partial charge in [-0.05, 0) is 117 Å². The minimum Gasteiger partial charge on any atom is -0.466 e. The van der Waals surface area contributed by atoms with E-state index >= 15 is 0 Å². The number of fused-ring (bicyclic) bond motifs is 7. The number of benzene rings is 1. The lowest BCUT2D eigenvalue weighted by molar-refractivity contribution is -0.177. The molecule has 4 fully saturated rings. The summed E-state index contributed by atoms with van der Waals surface area (Å²) in [6.45, 7) is 19.3. The lowest BCUT2D eigenvalue weighted by Gasteiger charge is -2.70. The molecule has 6 rings (SSSR count). The molecule has 5 heteroatoms. The van der Waals surface area contributed by atoms with Gasteiger partial charge in [-0.3, -0.25) is 9.59 Å². The summed E-state index contributed by atoms with van der Waals surface area (Å²) >= 11 is 0. The van der Waals surface area contributed by atoms with Crippen LogP contribution < -0.4 is 0 Å². The van der Waals surface area contributed by atoms with Gasteiger partial charge in [0.2, 0.25) is 0 Å². The third-order valence-electron chi connectivity index (χ3n) is 14.4. The van der Waals surface area contributed by atoms with Gasteiger partial charge in [0.1, 0.15) is 6.61 Å². The van der Waals surface area contributed by atoms with Crippen molar-refractivity contribution >= 4 is 17.5 Å². The molecule has 0 spiro atoms. The Balaban J connectivity index is 1.32. The molecule has 0 aliphatic heterocycles. The van der Waals surface area contributed by atoms with Gasteiger partial charge < -0.3 is 9.57 Å². The Morgan fingerprint density at radius 2 is 1.64 bits per heavy atom. The molecule has 0 aromatic heterocycles. The normalized spacial score (nSPS) is 43.5. The highest BCUT2D eigenvalue weighted by Gasteiger charge is 2.70. The quantitative estimate of drug-likeness (QED) is 0.249. The molecule has 0 amide bonds. The van der Waals surface area contributed by atoms with E-state index in [0.717, 1.165) is 69.1 Å². The highest BCUT2D eigenvalue weighted by molar-refractivity contribution is 5.97. The van der Waals surface area contributed by atoms with Crippen molar-refractivity contribution < 1.29 is 19.2 Å². The number of hydrogen-bond donors (Lipinski definition) is 0. The summed E-state index contributed by atoms with van der Waals surface area (Å²) in [6.07, 6.45) is 11.0. The van der Waals surface area contributed by atoms with Crippen LogP contribution in [-0.2, 0) is 25.8 Å². The van der Waals surface area contributed by atoms with Crippen LogP contribution in [0.2, 0.25) is 0 Å². The number of rotatable bonds is 5. The Morgan fingerprint density at radius 3 is 2.34 bits per heavy atom. The average Bonchev–Trinajstić information content (AvgIpc) is 2.97. The molecule has 5 aliphatic rings. The second-order valence-electron chi connectivity index (χ2n) is 17.0. The maximum absolute atomic E-state index is 14.7. The molecular formula is C39H55NO4. The van der Waals surface area contributed by atoms with Crippen molar-refractivity contribution in [2.24, 2.45) is 55.4 Å². The van der Waals surface area contributed by atoms with Crippen LogP contribution in [0, 0.1) is 50.2 Å². The van der Waals surface area contributed by atoms with Crippen molar-refractivity contribution in [2.75, 3.05) is 6.61 Å². The van der Waals surface area contributed by atoms with E-state index in [1.807, 2.05) is 25.1 Å². The molecule has 0 unspecified atom stereocenters. The molecule has 44 heavy (non-hydrogen) atoms. The van der Waals surface area contributed by atoms with Crippen molar-refractivity contribution in [3.63, 3.8) is 0 Å². The van der Waals surface area contributed by atoms with Gasteiger partial charge in [0.25, 0.3) is 0 Å². The molecule has 240 valence electrons. The van der Waals surface area contributed by atoms with E-state index in [-0.39, 0.29) is 44.9 Å². The van der Waals surface area contributed by atoms with Crippen LogP contribution >= 0.6 is 0 Å². The molecule has 8 atom stereocenters. The second-order valence-corrected chi connectivity index (χ2v) is 17.0. The lowest BCUT2D eigenvalue weighted by Crippen LogP contribution is -2.66. The number of nitrogens with zero attached hydrogens (tertiary/aromatic N) is 1. The van der Waals surface area contributed by atoms with Crippen LogP contribution in [0.25, 0.3) is 0 Å². The molecule has 1 aromatic rings. The third kappa shape index (κ3) is 4.48. The van der Waals surface area contributed by atoms with E-state index in [0.29, 0.717) is 24.9 Å². The fourth-order valence-corrected chi connectivity index (χ4v) is 11.4. The number of esters is 1. The van der Waals surface area contributed by atoms with E-state index in [1.165, 1.54) is 5.57 Å². The number of allylic oxidation sites excluding steroid dienone is 2. The monoisotopic (exact) mass is 601 g/mol. The van der Waals surface area contributed by atoms with E-state index in [2.05, 4.69) is 66.7 Å². The first-order valence-electron chi connectivity index (χ1n) is 17.3. The minimum absolute atomic E-state index is 0.0158. The Hall–Kier alpha value is -2.43. The zero-order valence-electron chi connectivity index (χ0n) is 28.6. The highest BCUT2D eigenvalue weighted by Crippen LogP contribution is 2.75. The van der Waals surface area contributed by atoms with Gasteiger partial charge in [-0.25, -0.2) is 0 Å². The summed E-state index contributed by atoms with van der Waals surface area (Å²) in [5.41, 5.74) is 2.81. The van der Waals surface area contributed by atoms with Crippen LogP contribution in [0.5, 0.6) is 0 Å². The van der Waals surface area contributed by atoms with Crippen molar-refractivity contribution in [1.82, 2.24) is 0 Å². The van der Waals surface area contributed by atoms with Crippen molar-refractivity contribution in [1.29, 1.82) is 0 Å². The summed E-state index contributed by atoms with van der Waals surface area (Å²) in [5, 5.41) is 4.75. The summed E-state index contributed by atoms with van der Waals surface area (Å²) in [4.78, 5) is 33.8. The topological polar surface area (TPSA) is 65.0 Å². The molecule has 4 saturated carbocycles. The first-order valence-corrected chi connectivity index (χ1v) is 17.3. The Morgan fingerprint density at radius 1 is 0.932 bits per heavy atom. The number of hydrogen-bond acceptors (Lipinski definition) is 5. The standard InChI is InChI=1S/C39H55NO4/c1-9-43-33(42)36(5)20-19-35(4)21-22-38(7)27(28(35)24-36)23-29(41)32-37(6)17-16-31(40-44-25-26-13-11-10-12-14-26)34(2,3)30(37)15-18-39(32,38)8/h10-14,23,28,30,32H,9,15-22,24-25H2,1-8H3/b40-31+/t28-,30-,32+,35+,36-,37-,38+,39+/m0/s1. The Labute approximate surface area is 265 Å². The molecule has 0 heterocycles. The van der Waals surface area contributed by atoms with Gasteiger partial charge in [0.05, 0.1) is 17.7 Å². The first kappa shape index (κ1) is 31.5. The smallest absolute Gasteiger partial charge is 0.311 e. The molecule has 5 nitrogen and oxygen atoms in total. The van der Waals surface area contributed by atoms with Gasteiger partial charge in [0.15, 0.2) is 5.78 Å². The Bertz CT molecular complexity index is 1380. The summed E-state index contributed by atoms with van der Waals surface area (Å²) in [5.74, 6) is 0.845. The molecule has 5 aliphatic carbocycles. The second kappa shape index (κ2) is 10.6. The highest BCUT2D eigenvalue weighted by atomic mass is 16.6. The molecule has 0 saturated heterocycles. The van der Waals surface area contributed by atoms with Crippen molar-refractivity contribution in [2.45, 2.75) is 120 Å². The summed E-state index contributed by atoms with van der Waals surface area (Å²) in [6, 6.07) is 10.2. The zero-order chi connectivity index (χ0) is 31.8. The molecule has 1 aromatic carbocycles. The zero-order valence-corrected chi connectivity index (χ0v) is 28.6. The van der Waals surface area contributed by atoms with Gasteiger partial charge in [0, 0.05) is 11.3 Å². The molecule has 0 radical (unpaired) electrons. The fourth-order valence-electron chi connectivity index (χ4n) is 11.4. The largest absolute Gasteiger partial charge is 0.466 e. The summed E-state index contributed by atoms with van der Waals surface area (Å²) < 4.78 is 5.59. The van der Waals surface area contributed by atoms with Crippen LogP contribution in [0.3, 0.4) is 0 Å². The number of ether oxygens (including phenoxy) is 1. The summed E-state index contributed by atoms with van der Waals surface area (Å²) in [7, 11) is 0. The van der Waals surface area contributed by atoms with E-state index in [4.69, 9.17) is 14.7 Å². The van der Waals surface area contributed by atoms with E-state index in [1.54, 1.807) is 0 Å². The lowest BCUT2D eigenvalue weighted by atomic mass is 9.33. The van der Waals surface area contributed by atoms with Crippen molar-refractivity contribution in [3.05, 3.63) is 47.5 Å². The maximum Gasteiger partial charge on any atom is 0.311 e. The molecule has 0 bridgehead atoms. The van der Waals surface area contributed by atoms with Gasteiger partial charge in [-0.15, -0.1) is 0 Å². The van der Waals surface area contributed by atoms with Crippen LogP contribution in [0.1, 0.15) is 119 Å². The van der Waals surface area contributed by atoms with E-state index in [9.17, 15) is 9.59 Å². The number of carbonyl (C=O) groups excluding carboxylic acids is 2. The molecular weight excluding hydrogens is 546 g/mol. The number of oxime groups is 1. The Kier molecular flexibility index (Phi) is 7.57. The predicted molar refractivity (Wildman–Crippen MR) is 175 cm³/mol. The van der Waals surface area contributed by atoms with Gasteiger partial charge in [-0.2, -0.15) is 0 Å². The van der Waals surface area contributed by atoms with Crippen LogP contribution in [0.4, 0.5) is 0 Å². The molecule has 0 N–H and O–H groups in total. The van der Waals surface area contributed by atoms with Crippen molar-refractivity contribution in [3.8, 4) is 0 Å².